The number of rotatable bonds is 11. The molecule has 2 fully saturated rings. The molecule has 0 saturated carbocycles. The van der Waals surface area contributed by atoms with Crippen LogP contribution < -0.4 is 10.4 Å². The Labute approximate surface area is 318 Å². The van der Waals surface area contributed by atoms with E-state index in [0.29, 0.717) is 19.3 Å². The second-order valence-electron chi connectivity index (χ2n) is 15.7. The third kappa shape index (κ3) is 7.27. The first kappa shape index (κ1) is 37.3. The Hall–Kier alpha value is -4.06. The highest BCUT2D eigenvalue weighted by Gasteiger charge is 2.58. The number of aromatic hydroxyl groups is 1. The van der Waals surface area contributed by atoms with Crippen molar-refractivity contribution in [2.24, 2.45) is 17.8 Å². The molecular weight excluding hydrogens is 697 g/mol. The number of carbonyl (C=O) groups excluding carboxylic acids is 2. The standard InChI is InChI=1S/C43H48BNO6SSi/c1-29(24-30-14-11-12-20-37(30)46)21-22-38-39-31(28-50-53(43(2,3)4,33-16-7-5-8-17-33)34-18-9-6-10-19-34)25-35-40(36(39)26-44(49)51-38)42(48)45(41(35)47)27-32-15-13-23-52-32/h5-20,23-24,35-36,38,40,46,49H,21-22,25-28H2,1-4H3/b29-24+/t35-,36+,38-,40-/m1/s1. The summed E-state index contributed by atoms with van der Waals surface area (Å²) in [6.45, 7) is 9.33. The van der Waals surface area contributed by atoms with Crippen LogP contribution in [-0.4, -0.2) is 55.0 Å². The number of carbonyl (C=O) groups is 2. The molecular formula is C43H48BNO6SSi. The van der Waals surface area contributed by atoms with Gasteiger partial charge in [-0.1, -0.05) is 117 Å². The van der Waals surface area contributed by atoms with Crippen LogP contribution in [0.15, 0.2) is 119 Å². The van der Waals surface area contributed by atoms with Gasteiger partial charge in [0.25, 0.3) is 8.32 Å². The van der Waals surface area contributed by atoms with Crippen molar-refractivity contribution in [2.75, 3.05) is 6.61 Å². The van der Waals surface area contributed by atoms with E-state index in [1.165, 1.54) is 26.6 Å². The van der Waals surface area contributed by atoms with Crippen LogP contribution >= 0.6 is 11.3 Å². The Morgan fingerprint density at radius 1 is 0.943 bits per heavy atom. The summed E-state index contributed by atoms with van der Waals surface area (Å²) in [4.78, 5) is 30.9. The van der Waals surface area contributed by atoms with Crippen molar-refractivity contribution in [1.29, 1.82) is 0 Å². The van der Waals surface area contributed by atoms with E-state index in [1.54, 1.807) is 12.1 Å². The molecule has 274 valence electrons. The maximum atomic E-state index is 14.3. The van der Waals surface area contributed by atoms with Crippen molar-refractivity contribution in [1.82, 2.24) is 4.90 Å². The minimum atomic E-state index is -2.95. The van der Waals surface area contributed by atoms with Crippen molar-refractivity contribution in [3.63, 3.8) is 0 Å². The Bertz CT molecular complexity index is 1950. The second-order valence-corrected chi connectivity index (χ2v) is 21.0. The highest BCUT2D eigenvalue weighted by Crippen LogP contribution is 2.51. The molecule has 3 aliphatic rings. The normalized spacial score (nSPS) is 22.3. The number of allylic oxidation sites excluding steroid dienone is 1. The van der Waals surface area contributed by atoms with E-state index in [1.807, 2.05) is 54.8 Å². The molecule has 3 heterocycles. The van der Waals surface area contributed by atoms with Gasteiger partial charge < -0.3 is 19.2 Å². The predicted octanol–water partition coefficient (Wildman–Crippen LogP) is 7.21. The van der Waals surface area contributed by atoms with E-state index in [2.05, 4.69) is 69.3 Å². The summed E-state index contributed by atoms with van der Waals surface area (Å²) in [6.07, 6.45) is 3.38. The van der Waals surface area contributed by atoms with Gasteiger partial charge in [-0.15, -0.1) is 11.3 Å². The second kappa shape index (κ2) is 15.4. The van der Waals surface area contributed by atoms with Crippen LogP contribution in [0.1, 0.15) is 57.4 Å². The van der Waals surface area contributed by atoms with Gasteiger partial charge >= 0.3 is 7.12 Å². The predicted molar refractivity (Wildman–Crippen MR) is 214 cm³/mol. The molecule has 0 unspecified atom stereocenters. The zero-order valence-corrected chi connectivity index (χ0v) is 32.7. The number of likely N-dealkylation sites (tertiary alicyclic amines) is 1. The largest absolute Gasteiger partial charge is 0.507 e. The summed E-state index contributed by atoms with van der Waals surface area (Å²) in [5.41, 5.74) is 3.81. The molecule has 2 N–H and O–H groups in total. The van der Waals surface area contributed by atoms with Crippen molar-refractivity contribution in [3.8, 4) is 5.75 Å². The number of benzene rings is 3. The monoisotopic (exact) mass is 745 g/mol. The van der Waals surface area contributed by atoms with Crippen molar-refractivity contribution >= 4 is 55.0 Å². The number of nitrogens with zero attached hydrogens (tertiary/aromatic N) is 1. The molecule has 53 heavy (non-hydrogen) atoms. The fraction of sp³-hybridized carbons (Fsp3) is 0.349. The number of amides is 2. The van der Waals surface area contributed by atoms with E-state index in [0.717, 1.165) is 27.2 Å². The molecule has 3 aromatic carbocycles. The van der Waals surface area contributed by atoms with Gasteiger partial charge in [0.2, 0.25) is 11.8 Å². The molecule has 1 aromatic heterocycles. The van der Waals surface area contributed by atoms with E-state index in [-0.39, 0.29) is 48.0 Å². The number of imide groups is 1. The van der Waals surface area contributed by atoms with Crippen LogP contribution in [0.3, 0.4) is 0 Å². The quantitative estimate of drug-likeness (QED) is 0.0958. The summed E-state index contributed by atoms with van der Waals surface area (Å²) in [5.74, 6) is -1.53. The lowest BCUT2D eigenvalue weighted by Gasteiger charge is -2.46. The summed E-state index contributed by atoms with van der Waals surface area (Å²) in [5, 5.41) is 25.7. The van der Waals surface area contributed by atoms with Gasteiger partial charge in [-0.3, -0.25) is 14.5 Å². The lowest BCUT2D eigenvalue weighted by molar-refractivity contribution is -0.140. The minimum absolute atomic E-state index is 0.144. The number of fused-ring (bicyclic) bond motifs is 3. The van der Waals surface area contributed by atoms with Gasteiger partial charge in [0.1, 0.15) is 5.75 Å². The van der Waals surface area contributed by atoms with Crippen LogP contribution in [0.5, 0.6) is 5.75 Å². The van der Waals surface area contributed by atoms with Gasteiger partial charge in [0.15, 0.2) is 0 Å². The molecule has 0 bridgehead atoms. The number of phenols is 1. The van der Waals surface area contributed by atoms with E-state index in [9.17, 15) is 19.7 Å². The summed E-state index contributed by atoms with van der Waals surface area (Å²) in [6, 6.07) is 32.2. The smallest absolute Gasteiger partial charge is 0.455 e. The zero-order chi connectivity index (χ0) is 37.3. The first-order valence-electron chi connectivity index (χ1n) is 18.6. The Balaban J connectivity index is 1.29. The minimum Gasteiger partial charge on any atom is -0.507 e. The van der Waals surface area contributed by atoms with Crippen LogP contribution in [0, 0.1) is 17.8 Å². The third-order valence-corrected chi connectivity index (χ3v) is 17.2. The van der Waals surface area contributed by atoms with Crippen molar-refractivity contribution in [2.45, 2.75) is 71.0 Å². The molecule has 0 spiro atoms. The molecule has 7 rings (SSSR count). The number of thiophene rings is 1. The lowest BCUT2D eigenvalue weighted by Crippen LogP contribution is -2.66. The van der Waals surface area contributed by atoms with Gasteiger partial charge in [0.05, 0.1) is 31.1 Å². The summed E-state index contributed by atoms with van der Waals surface area (Å²) >= 11 is 1.54. The fourth-order valence-corrected chi connectivity index (χ4v) is 14.2. The Morgan fingerprint density at radius 2 is 1.60 bits per heavy atom. The topological polar surface area (TPSA) is 96.3 Å². The van der Waals surface area contributed by atoms with Gasteiger partial charge in [-0.2, -0.15) is 0 Å². The lowest BCUT2D eigenvalue weighted by atomic mass is 9.58. The Morgan fingerprint density at radius 3 is 2.23 bits per heavy atom. The average molecular weight is 746 g/mol. The molecule has 0 radical (unpaired) electrons. The van der Waals surface area contributed by atoms with Gasteiger partial charge in [-0.25, -0.2) is 0 Å². The highest BCUT2D eigenvalue weighted by molar-refractivity contribution is 7.09. The molecule has 2 amide bonds. The number of phenolic OH excluding ortho intramolecular Hbond substituents is 1. The maximum Gasteiger partial charge on any atom is 0.455 e. The molecule has 4 aromatic rings. The molecule has 10 heteroatoms. The number of hydrogen-bond acceptors (Lipinski definition) is 7. The van der Waals surface area contributed by atoms with Crippen LogP contribution in [0.25, 0.3) is 6.08 Å². The molecule has 2 saturated heterocycles. The van der Waals surface area contributed by atoms with Gasteiger partial charge in [0, 0.05) is 10.4 Å². The van der Waals surface area contributed by atoms with Crippen molar-refractivity contribution in [3.05, 3.63) is 130 Å². The third-order valence-electron chi connectivity index (χ3n) is 11.3. The molecule has 7 nitrogen and oxygen atoms in total. The molecule has 1 aliphatic carbocycles. The molecule has 2 aliphatic heterocycles. The summed E-state index contributed by atoms with van der Waals surface area (Å²) < 4.78 is 13.9. The highest BCUT2D eigenvalue weighted by atomic mass is 32.1. The van der Waals surface area contributed by atoms with Crippen LogP contribution in [-0.2, 0) is 25.2 Å². The maximum absolute atomic E-state index is 14.3. The number of para-hydroxylation sites is 1. The van der Waals surface area contributed by atoms with E-state index < -0.39 is 33.4 Å². The number of hydrogen-bond donors (Lipinski definition) is 2. The van der Waals surface area contributed by atoms with Gasteiger partial charge in [-0.05, 0) is 82.5 Å². The first-order chi connectivity index (χ1) is 25.5. The fourth-order valence-electron chi connectivity index (χ4n) is 8.94. The van der Waals surface area contributed by atoms with E-state index >= 15 is 0 Å². The average Bonchev–Trinajstić information content (AvgIpc) is 3.74. The van der Waals surface area contributed by atoms with Crippen LogP contribution in [0.4, 0.5) is 0 Å². The van der Waals surface area contributed by atoms with Crippen LogP contribution in [0.2, 0.25) is 11.4 Å². The SMILES string of the molecule is C/C(=C\c1ccccc1O)CC[C@H]1OB(O)C[C@H]2C1=C(CO[Si](c1ccccc1)(c1ccccc1)C(C)(C)C)C[C@H]1C(=O)N(Cc3cccs3)C(=O)[C@H]12. The van der Waals surface area contributed by atoms with E-state index in [4.69, 9.17) is 9.08 Å². The zero-order valence-electron chi connectivity index (χ0n) is 30.9. The summed E-state index contributed by atoms with van der Waals surface area (Å²) in [7, 11) is -4.02. The van der Waals surface area contributed by atoms with Crippen molar-refractivity contribution < 1.29 is 28.8 Å². The molecule has 4 atom stereocenters. The Kier molecular flexibility index (Phi) is 10.8. The first-order valence-corrected chi connectivity index (χ1v) is 21.4.